The van der Waals surface area contributed by atoms with Gasteiger partial charge in [0, 0.05) is 18.5 Å². The van der Waals surface area contributed by atoms with Crippen LogP contribution in [-0.4, -0.2) is 29.1 Å². The van der Waals surface area contributed by atoms with Crippen LogP contribution in [0, 0.1) is 0 Å². The first-order valence-corrected chi connectivity index (χ1v) is 8.57. The van der Waals surface area contributed by atoms with Crippen molar-refractivity contribution < 1.29 is 4.79 Å². The molecule has 2 aromatic heterocycles. The van der Waals surface area contributed by atoms with Gasteiger partial charge in [-0.2, -0.15) is 0 Å². The number of thiophene rings is 1. The number of nitrogens with one attached hydrogen (secondary N) is 2. The lowest BCUT2D eigenvalue weighted by Gasteiger charge is -2.13. The maximum absolute atomic E-state index is 12.9. The molecule has 3 rings (SSSR count). The molecular formula is C16H20N4O2S. The van der Waals surface area contributed by atoms with E-state index >= 15 is 0 Å². The quantitative estimate of drug-likeness (QED) is 0.817. The van der Waals surface area contributed by atoms with E-state index in [0.717, 1.165) is 29.5 Å². The van der Waals surface area contributed by atoms with Crippen molar-refractivity contribution in [3.05, 3.63) is 33.4 Å². The van der Waals surface area contributed by atoms with Gasteiger partial charge in [-0.05, 0) is 31.2 Å². The molecule has 7 heteroatoms. The summed E-state index contributed by atoms with van der Waals surface area (Å²) in [6, 6.07) is 0. The molecule has 0 radical (unpaired) electrons. The number of aromatic nitrogens is 2. The fraction of sp³-hybridized carbons (Fsp3) is 0.438. The molecule has 0 unspecified atom stereocenters. The van der Waals surface area contributed by atoms with Gasteiger partial charge >= 0.3 is 0 Å². The molecule has 0 fully saturated rings. The summed E-state index contributed by atoms with van der Waals surface area (Å²) in [6.45, 7) is 4.16. The predicted octanol–water partition coefficient (Wildman–Crippen LogP) is 1.68. The molecule has 1 amide bonds. The number of hydrogen-bond donors (Lipinski definition) is 2. The maximum Gasteiger partial charge on any atom is 0.264 e. The molecule has 1 aliphatic carbocycles. The molecule has 23 heavy (non-hydrogen) atoms. The van der Waals surface area contributed by atoms with E-state index in [-0.39, 0.29) is 18.0 Å². The van der Waals surface area contributed by atoms with Crippen LogP contribution in [0.3, 0.4) is 0 Å². The van der Waals surface area contributed by atoms with E-state index in [1.165, 1.54) is 16.9 Å². The summed E-state index contributed by atoms with van der Waals surface area (Å²) >= 11 is 1.60. The minimum absolute atomic E-state index is 0.0475. The average Bonchev–Trinajstić information content (AvgIpc) is 2.94. The number of allylic oxidation sites excluding steroid dienone is 1. The molecule has 0 saturated carbocycles. The highest BCUT2D eigenvalue weighted by Crippen LogP contribution is 2.34. The Balaban J connectivity index is 2.12. The average molecular weight is 332 g/mol. The third-order valence-corrected chi connectivity index (χ3v) is 5.26. The highest BCUT2D eigenvalue weighted by molar-refractivity contribution is 7.18. The van der Waals surface area contributed by atoms with Gasteiger partial charge in [0.05, 0.1) is 11.9 Å². The molecule has 0 saturated heterocycles. The van der Waals surface area contributed by atoms with Crippen molar-refractivity contribution in [1.82, 2.24) is 14.9 Å². The van der Waals surface area contributed by atoms with Crippen LogP contribution in [0.4, 0.5) is 5.95 Å². The fourth-order valence-corrected chi connectivity index (χ4v) is 4.17. The Hall–Kier alpha value is -2.15. The Kier molecular flexibility index (Phi) is 4.47. The summed E-state index contributed by atoms with van der Waals surface area (Å²) in [5, 5.41) is 6.25. The minimum atomic E-state index is -0.157. The van der Waals surface area contributed by atoms with Crippen molar-refractivity contribution in [1.29, 1.82) is 0 Å². The second-order valence-corrected chi connectivity index (χ2v) is 6.64. The number of carbonyl (C=O) groups is 1. The molecule has 0 spiro atoms. The zero-order valence-electron chi connectivity index (χ0n) is 13.1. The van der Waals surface area contributed by atoms with E-state index in [9.17, 15) is 9.59 Å². The van der Waals surface area contributed by atoms with Crippen molar-refractivity contribution in [3.63, 3.8) is 0 Å². The lowest BCUT2D eigenvalue weighted by atomic mass is 9.97. The Labute approximate surface area is 138 Å². The summed E-state index contributed by atoms with van der Waals surface area (Å²) in [7, 11) is 1.57. The Morgan fingerprint density at radius 2 is 2.22 bits per heavy atom. The van der Waals surface area contributed by atoms with Crippen LogP contribution in [0.25, 0.3) is 10.2 Å². The molecule has 0 bridgehead atoms. The molecular weight excluding hydrogens is 312 g/mol. The van der Waals surface area contributed by atoms with Gasteiger partial charge in [-0.25, -0.2) is 4.98 Å². The first kappa shape index (κ1) is 15.7. The number of aryl methyl sites for hydroxylation is 2. The van der Waals surface area contributed by atoms with Gasteiger partial charge in [-0.1, -0.05) is 6.08 Å². The Bertz CT molecular complexity index is 822. The standard InChI is InChI=1S/C16H20N4O2S/c1-3-8-20-15(22)13-10-6-4-5-7-11(10)23-14(13)19-16(20)18-9-12(21)17-2/h3H,1,4-9H2,2H3,(H,17,21)(H,18,19). The number of anilines is 1. The number of amides is 1. The third kappa shape index (κ3) is 2.88. The molecule has 2 heterocycles. The molecule has 2 N–H and O–H groups in total. The molecule has 0 aromatic carbocycles. The maximum atomic E-state index is 12.9. The van der Waals surface area contributed by atoms with Crippen molar-refractivity contribution >= 4 is 33.4 Å². The van der Waals surface area contributed by atoms with Crippen LogP contribution in [-0.2, 0) is 24.2 Å². The van der Waals surface area contributed by atoms with Crippen LogP contribution in [0.2, 0.25) is 0 Å². The monoisotopic (exact) mass is 332 g/mol. The largest absolute Gasteiger partial charge is 0.358 e. The van der Waals surface area contributed by atoms with Crippen molar-refractivity contribution in [2.75, 3.05) is 18.9 Å². The van der Waals surface area contributed by atoms with Crippen LogP contribution in [0.5, 0.6) is 0 Å². The smallest absolute Gasteiger partial charge is 0.264 e. The normalized spacial score (nSPS) is 13.6. The van der Waals surface area contributed by atoms with Crippen LogP contribution >= 0.6 is 11.3 Å². The molecule has 0 aliphatic heterocycles. The summed E-state index contributed by atoms with van der Waals surface area (Å²) in [5.74, 6) is 0.263. The van der Waals surface area contributed by atoms with Crippen LogP contribution < -0.4 is 16.2 Å². The number of likely N-dealkylation sites (N-methyl/N-ethyl adjacent to an activating group) is 1. The first-order chi connectivity index (χ1) is 11.2. The van der Waals surface area contributed by atoms with Gasteiger partial charge in [0.15, 0.2) is 0 Å². The van der Waals surface area contributed by atoms with E-state index in [1.54, 1.807) is 29.0 Å². The van der Waals surface area contributed by atoms with E-state index in [2.05, 4.69) is 22.2 Å². The van der Waals surface area contributed by atoms with Gasteiger partial charge in [0.25, 0.3) is 5.56 Å². The molecule has 122 valence electrons. The number of fused-ring (bicyclic) bond motifs is 3. The second kappa shape index (κ2) is 6.54. The first-order valence-electron chi connectivity index (χ1n) is 7.76. The van der Waals surface area contributed by atoms with E-state index in [0.29, 0.717) is 12.5 Å². The van der Waals surface area contributed by atoms with Gasteiger partial charge in [0.1, 0.15) is 4.83 Å². The van der Waals surface area contributed by atoms with Crippen molar-refractivity contribution in [2.24, 2.45) is 0 Å². The third-order valence-electron chi connectivity index (χ3n) is 4.07. The lowest BCUT2D eigenvalue weighted by molar-refractivity contribution is -0.118. The highest BCUT2D eigenvalue weighted by Gasteiger charge is 2.21. The molecule has 2 aromatic rings. The Morgan fingerprint density at radius 1 is 1.43 bits per heavy atom. The Morgan fingerprint density at radius 3 is 2.96 bits per heavy atom. The second-order valence-electron chi connectivity index (χ2n) is 5.56. The van der Waals surface area contributed by atoms with Gasteiger partial charge in [-0.15, -0.1) is 17.9 Å². The zero-order chi connectivity index (χ0) is 16.4. The summed E-state index contributed by atoms with van der Waals surface area (Å²) in [6.07, 6.45) is 5.93. The zero-order valence-corrected chi connectivity index (χ0v) is 14.0. The van der Waals surface area contributed by atoms with Crippen LogP contribution in [0.1, 0.15) is 23.3 Å². The number of hydrogen-bond acceptors (Lipinski definition) is 5. The van der Waals surface area contributed by atoms with Gasteiger partial charge < -0.3 is 10.6 Å². The van der Waals surface area contributed by atoms with E-state index in [1.807, 2.05) is 0 Å². The number of rotatable bonds is 5. The fourth-order valence-electron chi connectivity index (χ4n) is 2.92. The number of carbonyl (C=O) groups excluding carboxylic acids is 1. The molecule has 6 nitrogen and oxygen atoms in total. The van der Waals surface area contributed by atoms with E-state index in [4.69, 9.17) is 0 Å². The summed E-state index contributed by atoms with van der Waals surface area (Å²) in [5.41, 5.74) is 1.12. The van der Waals surface area contributed by atoms with Crippen molar-refractivity contribution in [3.8, 4) is 0 Å². The number of nitrogens with zero attached hydrogens (tertiary/aromatic N) is 2. The van der Waals surface area contributed by atoms with Crippen molar-refractivity contribution in [2.45, 2.75) is 32.2 Å². The SMILES string of the molecule is C=CCn1c(NCC(=O)NC)nc2sc3c(c2c1=O)CCCC3. The predicted molar refractivity (Wildman–Crippen MR) is 93.3 cm³/mol. The van der Waals surface area contributed by atoms with Gasteiger partial charge in [-0.3, -0.25) is 14.2 Å². The minimum Gasteiger partial charge on any atom is -0.358 e. The lowest BCUT2D eigenvalue weighted by Crippen LogP contribution is -2.30. The van der Waals surface area contributed by atoms with E-state index < -0.39 is 0 Å². The topological polar surface area (TPSA) is 76.0 Å². The van der Waals surface area contributed by atoms with Crippen LogP contribution in [0.15, 0.2) is 17.4 Å². The highest BCUT2D eigenvalue weighted by atomic mass is 32.1. The molecule has 1 aliphatic rings. The molecule has 0 atom stereocenters. The summed E-state index contributed by atoms with van der Waals surface area (Å²) < 4.78 is 1.56. The summed E-state index contributed by atoms with van der Waals surface area (Å²) in [4.78, 5) is 31.0. The van der Waals surface area contributed by atoms with Gasteiger partial charge in [0.2, 0.25) is 11.9 Å².